The molecular weight excluding hydrogens is 447 g/mol. The minimum atomic E-state index is -4.61. The molecule has 34 heavy (non-hydrogen) atoms. The van der Waals surface area contributed by atoms with E-state index in [4.69, 9.17) is 11.0 Å². The number of hydrogen-bond donors (Lipinski definition) is 1. The second kappa shape index (κ2) is 9.23. The van der Waals surface area contributed by atoms with E-state index in [1.54, 1.807) is 31.2 Å². The third-order valence-electron chi connectivity index (χ3n) is 5.22. The number of hydrogen-bond acceptors (Lipinski definition) is 5. The van der Waals surface area contributed by atoms with Crippen molar-refractivity contribution in [2.24, 2.45) is 17.8 Å². The molecular formula is C24H20F3N5O2. The summed E-state index contributed by atoms with van der Waals surface area (Å²) in [5.74, 6) is 0. The maximum Gasteiger partial charge on any atom is 0.416 e. The fraction of sp³-hybridized carbons (Fsp3) is 0.167. The van der Waals surface area contributed by atoms with Gasteiger partial charge in [0, 0.05) is 12.7 Å². The summed E-state index contributed by atoms with van der Waals surface area (Å²) in [7, 11) is 1.23. The van der Waals surface area contributed by atoms with Crippen LogP contribution in [0.5, 0.6) is 0 Å². The molecule has 3 rings (SSSR count). The summed E-state index contributed by atoms with van der Waals surface area (Å²) in [5.41, 5.74) is 4.70. The number of nitrogens with two attached hydrogens (primary N) is 1. The third kappa shape index (κ3) is 4.54. The highest BCUT2D eigenvalue weighted by atomic mass is 19.4. The summed E-state index contributed by atoms with van der Waals surface area (Å²) in [6.45, 7) is 3.07. The lowest BCUT2D eigenvalue weighted by molar-refractivity contribution is -0.137. The van der Waals surface area contributed by atoms with Crippen molar-refractivity contribution in [2.75, 3.05) is 0 Å². The minimum Gasteiger partial charge on any atom is -0.404 e. The van der Waals surface area contributed by atoms with Crippen molar-refractivity contribution in [2.45, 2.75) is 20.0 Å². The van der Waals surface area contributed by atoms with Gasteiger partial charge in [-0.25, -0.2) is 9.79 Å². The Labute approximate surface area is 192 Å². The number of aliphatic imine (C=N–C) groups is 1. The highest BCUT2D eigenvalue weighted by molar-refractivity contribution is 6.13. The predicted molar refractivity (Wildman–Crippen MR) is 122 cm³/mol. The molecule has 0 unspecified atom stereocenters. The second-order valence-corrected chi connectivity index (χ2v) is 7.46. The number of alkyl halides is 3. The lowest BCUT2D eigenvalue weighted by Crippen LogP contribution is -2.42. The third-order valence-corrected chi connectivity index (χ3v) is 5.22. The molecule has 0 aliphatic heterocycles. The van der Waals surface area contributed by atoms with E-state index < -0.39 is 23.0 Å². The van der Waals surface area contributed by atoms with Crippen molar-refractivity contribution in [3.63, 3.8) is 0 Å². The molecule has 2 N–H and O–H groups in total. The van der Waals surface area contributed by atoms with Crippen molar-refractivity contribution >= 4 is 11.4 Å². The van der Waals surface area contributed by atoms with Crippen LogP contribution in [-0.4, -0.2) is 14.8 Å². The fourth-order valence-corrected chi connectivity index (χ4v) is 3.37. The Balaban J connectivity index is 2.36. The lowest BCUT2D eigenvalue weighted by Gasteiger charge is -2.18. The molecule has 0 saturated carbocycles. The fourth-order valence-electron chi connectivity index (χ4n) is 3.37. The van der Waals surface area contributed by atoms with E-state index in [9.17, 15) is 22.8 Å². The van der Waals surface area contributed by atoms with Crippen LogP contribution in [0.25, 0.3) is 5.69 Å². The number of nitrogens with zero attached hydrogens (tertiary/aromatic N) is 4. The molecule has 0 radical (unpaired) electrons. The SMILES string of the molecule is CC(=CN)C(=Nc1ccc(C#N)cc1)c1c(C)n(-c2cccc(C(F)(F)F)c2)c(=O)n(C)c1=O. The molecule has 174 valence electrons. The van der Waals surface area contributed by atoms with Crippen molar-refractivity contribution in [3.05, 3.63) is 104 Å². The monoisotopic (exact) mass is 467 g/mol. The second-order valence-electron chi connectivity index (χ2n) is 7.46. The van der Waals surface area contributed by atoms with Crippen molar-refractivity contribution in [1.82, 2.24) is 9.13 Å². The van der Waals surface area contributed by atoms with Gasteiger partial charge in [0.15, 0.2) is 0 Å². The molecule has 0 fully saturated rings. The van der Waals surface area contributed by atoms with Crippen LogP contribution in [0.2, 0.25) is 0 Å². The Morgan fingerprint density at radius 3 is 2.35 bits per heavy atom. The first kappa shape index (κ1) is 24.3. The molecule has 0 bridgehead atoms. The van der Waals surface area contributed by atoms with Gasteiger partial charge in [-0.15, -0.1) is 0 Å². The predicted octanol–water partition coefficient (Wildman–Crippen LogP) is 3.72. The Morgan fingerprint density at radius 1 is 1.15 bits per heavy atom. The zero-order valence-electron chi connectivity index (χ0n) is 18.5. The summed E-state index contributed by atoms with van der Waals surface area (Å²) in [6.07, 6.45) is -3.38. The summed E-state index contributed by atoms with van der Waals surface area (Å²) in [5, 5.41) is 8.99. The molecule has 0 aliphatic rings. The average Bonchev–Trinajstić information content (AvgIpc) is 2.81. The van der Waals surface area contributed by atoms with Gasteiger partial charge >= 0.3 is 11.9 Å². The van der Waals surface area contributed by atoms with E-state index in [1.165, 1.54) is 32.3 Å². The smallest absolute Gasteiger partial charge is 0.404 e. The molecule has 0 atom stereocenters. The zero-order valence-corrected chi connectivity index (χ0v) is 18.5. The summed E-state index contributed by atoms with van der Waals surface area (Å²) >= 11 is 0. The molecule has 0 spiro atoms. The normalized spacial score (nSPS) is 12.5. The van der Waals surface area contributed by atoms with Gasteiger partial charge in [-0.2, -0.15) is 18.4 Å². The zero-order chi connectivity index (χ0) is 25.2. The molecule has 10 heteroatoms. The van der Waals surface area contributed by atoms with Crippen LogP contribution in [0.4, 0.5) is 18.9 Å². The van der Waals surface area contributed by atoms with Crippen LogP contribution >= 0.6 is 0 Å². The van der Waals surface area contributed by atoms with Crippen LogP contribution in [0.15, 0.2) is 74.9 Å². The van der Waals surface area contributed by atoms with E-state index in [2.05, 4.69) is 4.99 Å². The molecule has 3 aromatic rings. The number of nitriles is 1. The molecule has 1 aromatic heterocycles. The number of benzene rings is 2. The van der Waals surface area contributed by atoms with E-state index in [1.807, 2.05) is 6.07 Å². The summed E-state index contributed by atoms with van der Waals surface area (Å²) in [4.78, 5) is 30.6. The minimum absolute atomic E-state index is 0.00284. The van der Waals surface area contributed by atoms with E-state index >= 15 is 0 Å². The number of aromatic nitrogens is 2. The molecule has 2 aromatic carbocycles. The number of allylic oxidation sites excluding steroid dienone is 1. The van der Waals surface area contributed by atoms with Crippen LogP contribution in [-0.2, 0) is 13.2 Å². The van der Waals surface area contributed by atoms with Gasteiger partial charge in [0.05, 0.1) is 39.8 Å². The standard InChI is InChI=1S/C24H20F3N5O2/c1-14(12-28)21(30-18-9-7-16(13-29)8-10-18)20-15(2)32(23(34)31(3)22(20)33)19-6-4-5-17(11-19)24(25,26)27/h4-12H,28H2,1-3H3. The maximum atomic E-state index is 13.3. The van der Waals surface area contributed by atoms with E-state index in [0.717, 1.165) is 21.3 Å². The van der Waals surface area contributed by atoms with Gasteiger partial charge in [-0.1, -0.05) is 6.07 Å². The van der Waals surface area contributed by atoms with Crippen molar-refractivity contribution in [1.29, 1.82) is 5.26 Å². The Kier molecular flexibility index (Phi) is 6.58. The molecule has 7 nitrogen and oxygen atoms in total. The largest absolute Gasteiger partial charge is 0.416 e. The lowest BCUT2D eigenvalue weighted by atomic mass is 10.0. The summed E-state index contributed by atoms with van der Waals surface area (Å²) in [6, 6.07) is 12.5. The highest BCUT2D eigenvalue weighted by Gasteiger charge is 2.31. The Bertz CT molecular complexity index is 1470. The van der Waals surface area contributed by atoms with Crippen LogP contribution in [0.1, 0.15) is 29.3 Å². The average molecular weight is 467 g/mol. The van der Waals surface area contributed by atoms with Gasteiger partial charge in [-0.3, -0.25) is 13.9 Å². The number of halogens is 3. The Morgan fingerprint density at radius 2 is 1.79 bits per heavy atom. The topological polar surface area (TPSA) is 106 Å². The first-order valence-corrected chi connectivity index (χ1v) is 9.98. The van der Waals surface area contributed by atoms with Crippen molar-refractivity contribution in [3.8, 4) is 11.8 Å². The molecule has 0 aliphatic carbocycles. The number of rotatable bonds is 4. The van der Waals surface area contributed by atoms with E-state index in [0.29, 0.717) is 16.8 Å². The van der Waals surface area contributed by atoms with Gasteiger partial charge in [-0.05, 0) is 68.1 Å². The molecule has 0 saturated heterocycles. The highest BCUT2D eigenvalue weighted by Crippen LogP contribution is 2.30. The van der Waals surface area contributed by atoms with Crippen LogP contribution in [0.3, 0.4) is 0 Å². The van der Waals surface area contributed by atoms with Gasteiger partial charge in [0.2, 0.25) is 0 Å². The molecule has 1 heterocycles. The Hall–Kier alpha value is -4.39. The van der Waals surface area contributed by atoms with E-state index in [-0.39, 0.29) is 22.7 Å². The first-order valence-electron chi connectivity index (χ1n) is 9.98. The van der Waals surface area contributed by atoms with Gasteiger partial charge in [0.25, 0.3) is 5.56 Å². The van der Waals surface area contributed by atoms with Gasteiger partial charge in [0.1, 0.15) is 0 Å². The van der Waals surface area contributed by atoms with Crippen LogP contribution < -0.4 is 17.0 Å². The van der Waals surface area contributed by atoms with Crippen LogP contribution in [0, 0.1) is 18.3 Å². The van der Waals surface area contributed by atoms with Gasteiger partial charge < -0.3 is 5.73 Å². The molecule has 0 amide bonds. The quantitative estimate of drug-likeness (QED) is 0.590. The first-order chi connectivity index (χ1) is 16.0. The summed E-state index contributed by atoms with van der Waals surface area (Å²) < 4.78 is 41.7. The van der Waals surface area contributed by atoms with Crippen molar-refractivity contribution < 1.29 is 13.2 Å². The maximum absolute atomic E-state index is 13.3.